The van der Waals surface area contributed by atoms with Gasteiger partial charge in [-0.15, -0.1) is 23.7 Å². The summed E-state index contributed by atoms with van der Waals surface area (Å²) in [5, 5.41) is 8.65. The van der Waals surface area contributed by atoms with Crippen molar-refractivity contribution in [3.05, 3.63) is 28.2 Å². The van der Waals surface area contributed by atoms with Crippen LogP contribution in [0.15, 0.2) is 22.0 Å². The van der Waals surface area contributed by atoms with Crippen molar-refractivity contribution in [3.8, 4) is 0 Å². The summed E-state index contributed by atoms with van der Waals surface area (Å²) in [5.41, 5.74) is 0. The molecular weight excluding hydrogens is 222 g/mol. The van der Waals surface area contributed by atoms with Gasteiger partial charge in [-0.2, -0.15) is 4.98 Å². The molecule has 6 heteroatoms. The summed E-state index contributed by atoms with van der Waals surface area (Å²) in [4.78, 5) is 5.36. The Morgan fingerprint density at radius 3 is 3.00 bits per heavy atom. The number of thiophene rings is 1. The smallest absolute Gasteiger partial charge is 0.321 e. The summed E-state index contributed by atoms with van der Waals surface area (Å²) in [6.07, 6.45) is 0.739. The molecule has 76 valence electrons. The minimum absolute atomic E-state index is 0. The molecule has 0 aliphatic heterocycles. The van der Waals surface area contributed by atoms with E-state index in [2.05, 4.69) is 21.5 Å². The van der Waals surface area contributed by atoms with E-state index in [-0.39, 0.29) is 12.4 Å². The summed E-state index contributed by atoms with van der Waals surface area (Å²) < 4.78 is 4.89. The van der Waals surface area contributed by atoms with Gasteiger partial charge in [-0.3, -0.25) is 0 Å². The number of aromatic nitrogens is 2. The third-order valence-corrected chi connectivity index (χ3v) is 2.47. The second-order valence-corrected chi connectivity index (χ2v) is 3.55. The summed E-state index contributed by atoms with van der Waals surface area (Å²) in [6.45, 7) is 0. The quantitative estimate of drug-likeness (QED) is 0.880. The molecular formula is C8H10ClN3OS. The molecule has 0 fully saturated rings. The lowest BCUT2D eigenvalue weighted by Crippen LogP contribution is -1.89. The van der Waals surface area contributed by atoms with Crippen molar-refractivity contribution in [2.45, 2.75) is 6.42 Å². The molecule has 0 amide bonds. The molecule has 0 saturated heterocycles. The van der Waals surface area contributed by atoms with Gasteiger partial charge in [0.05, 0.1) is 0 Å². The third kappa shape index (κ3) is 2.46. The first-order valence-corrected chi connectivity index (χ1v) is 4.79. The van der Waals surface area contributed by atoms with Crippen LogP contribution in [-0.2, 0) is 6.42 Å². The third-order valence-electron chi connectivity index (χ3n) is 1.59. The second kappa shape index (κ2) is 4.97. The molecule has 1 N–H and O–H groups in total. The molecule has 0 radical (unpaired) electrons. The van der Waals surface area contributed by atoms with Crippen LogP contribution in [0.25, 0.3) is 0 Å². The zero-order chi connectivity index (χ0) is 9.10. The largest absolute Gasteiger partial charge is 0.341 e. The Balaban J connectivity index is 0.000000980. The van der Waals surface area contributed by atoms with E-state index in [1.807, 2.05) is 11.4 Å². The molecule has 0 spiro atoms. The number of hydrogen-bond acceptors (Lipinski definition) is 5. The number of hydrogen-bond donors (Lipinski definition) is 1. The van der Waals surface area contributed by atoms with Crippen LogP contribution < -0.4 is 5.32 Å². The van der Waals surface area contributed by atoms with Crippen molar-refractivity contribution < 1.29 is 4.52 Å². The number of rotatable bonds is 3. The predicted molar refractivity (Wildman–Crippen MR) is 58.2 cm³/mol. The van der Waals surface area contributed by atoms with Gasteiger partial charge in [0.15, 0.2) is 5.82 Å². The lowest BCUT2D eigenvalue weighted by molar-refractivity contribution is 0.426. The van der Waals surface area contributed by atoms with Gasteiger partial charge in [-0.1, -0.05) is 11.2 Å². The van der Waals surface area contributed by atoms with E-state index in [1.54, 1.807) is 18.4 Å². The molecule has 4 nitrogen and oxygen atoms in total. The van der Waals surface area contributed by atoms with Gasteiger partial charge < -0.3 is 9.84 Å². The van der Waals surface area contributed by atoms with Crippen molar-refractivity contribution in [1.82, 2.24) is 10.1 Å². The second-order valence-electron chi connectivity index (χ2n) is 2.52. The Morgan fingerprint density at radius 2 is 2.43 bits per heavy atom. The van der Waals surface area contributed by atoms with Gasteiger partial charge in [0.1, 0.15) is 0 Å². The van der Waals surface area contributed by atoms with Crippen LogP contribution in [0, 0.1) is 0 Å². The summed E-state index contributed by atoms with van der Waals surface area (Å²) in [6, 6.07) is 4.53. The average Bonchev–Trinajstić information content (AvgIpc) is 2.76. The van der Waals surface area contributed by atoms with Crippen LogP contribution in [0.1, 0.15) is 10.7 Å². The number of nitrogens with zero attached hydrogens (tertiary/aromatic N) is 2. The molecule has 0 aliphatic rings. The maximum atomic E-state index is 4.89. The summed E-state index contributed by atoms with van der Waals surface area (Å²) in [5.74, 6) is 0.715. The van der Waals surface area contributed by atoms with Crippen LogP contribution in [0.3, 0.4) is 0 Å². The standard InChI is InChI=1S/C8H9N3OS.ClH/c1-9-8-10-7(11-12-8)5-6-3-2-4-13-6;/h2-4H,5H2,1H3,(H,9,10,11);1H. The summed E-state index contributed by atoms with van der Waals surface area (Å²) >= 11 is 1.69. The number of anilines is 1. The molecule has 2 aromatic rings. The number of halogens is 1. The molecule has 2 aromatic heterocycles. The van der Waals surface area contributed by atoms with Gasteiger partial charge in [-0.25, -0.2) is 0 Å². The van der Waals surface area contributed by atoms with E-state index < -0.39 is 0 Å². The number of nitrogens with one attached hydrogen (secondary N) is 1. The van der Waals surface area contributed by atoms with Gasteiger partial charge in [0.2, 0.25) is 0 Å². The monoisotopic (exact) mass is 231 g/mol. The molecule has 0 aliphatic carbocycles. The van der Waals surface area contributed by atoms with E-state index in [0.717, 1.165) is 6.42 Å². The molecule has 0 atom stereocenters. The first kappa shape index (κ1) is 11.0. The zero-order valence-corrected chi connectivity index (χ0v) is 9.19. The van der Waals surface area contributed by atoms with Crippen molar-refractivity contribution in [3.63, 3.8) is 0 Å². The fourth-order valence-corrected chi connectivity index (χ4v) is 1.70. The van der Waals surface area contributed by atoms with Gasteiger partial charge in [0, 0.05) is 18.3 Å². The zero-order valence-electron chi connectivity index (χ0n) is 7.56. The molecule has 0 aromatic carbocycles. The average molecular weight is 232 g/mol. The minimum atomic E-state index is 0. The van der Waals surface area contributed by atoms with Crippen LogP contribution in [0.5, 0.6) is 0 Å². The Hall–Kier alpha value is -1.07. The van der Waals surface area contributed by atoms with E-state index in [9.17, 15) is 0 Å². The fraction of sp³-hybridized carbons (Fsp3) is 0.250. The summed E-state index contributed by atoms with van der Waals surface area (Å²) in [7, 11) is 1.75. The highest BCUT2D eigenvalue weighted by Crippen LogP contribution is 2.13. The molecule has 0 unspecified atom stereocenters. The first-order chi connectivity index (χ1) is 6.38. The molecule has 2 heterocycles. The molecule has 0 bridgehead atoms. The van der Waals surface area contributed by atoms with Gasteiger partial charge in [0.25, 0.3) is 0 Å². The Morgan fingerprint density at radius 1 is 1.57 bits per heavy atom. The Kier molecular flexibility index (Phi) is 3.91. The van der Waals surface area contributed by atoms with E-state index in [0.29, 0.717) is 11.8 Å². The Labute approximate surface area is 91.7 Å². The fourth-order valence-electron chi connectivity index (χ4n) is 0.996. The molecule has 0 saturated carbocycles. The van der Waals surface area contributed by atoms with Crippen LogP contribution in [0.2, 0.25) is 0 Å². The van der Waals surface area contributed by atoms with E-state index >= 15 is 0 Å². The van der Waals surface area contributed by atoms with Crippen molar-refractivity contribution in [2.75, 3.05) is 12.4 Å². The van der Waals surface area contributed by atoms with E-state index in [1.165, 1.54) is 4.88 Å². The maximum absolute atomic E-state index is 4.89. The first-order valence-electron chi connectivity index (χ1n) is 3.91. The van der Waals surface area contributed by atoms with Gasteiger partial charge in [-0.05, 0) is 11.4 Å². The topological polar surface area (TPSA) is 51.0 Å². The lowest BCUT2D eigenvalue weighted by atomic mass is 10.3. The highest BCUT2D eigenvalue weighted by atomic mass is 35.5. The minimum Gasteiger partial charge on any atom is -0.341 e. The van der Waals surface area contributed by atoms with Crippen LogP contribution in [-0.4, -0.2) is 17.2 Å². The van der Waals surface area contributed by atoms with Crippen LogP contribution in [0.4, 0.5) is 6.01 Å². The van der Waals surface area contributed by atoms with Crippen molar-refractivity contribution >= 4 is 29.8 Å². The van der Waals surface area contributed by atoms with Crippen molar-refractivity contribution in [2.24, 2.45) is 0 Å². The van der Waals surface area contributed by atoms with E-state index in [4.69, 9.17) is 4.52 Å². The lowest BCUT2D eigenvalue weighted by Gasteiger charge is -1.87. The van der Waals surface area contributed by atoms with Crippen LogP contribution >= 0.6 is 23.7 Å². The normalized spacial score (nSPS) is 9.50. The predicted octanol–water partition coefficient (Wildman–Crippen LogP) is 2.19. The Bertz CT molecular complexity index is 374. The molecule has 14 heavy (non-hydrogen) atoms. The highest BCUT2D eigenvalue weighted by molar-refractivity contribution is 7.09. The van der Waals surface area contributed by atoms with Gasteiger partial charge >= 0.3 is 6.01 Å². The van der Waals surface area contributed by atoms with Crippen molar-refractivity contribution in [1.29, 1.82) is 0 Å². The maximum Gasteiger partial charge on any atom is 0.321 e. The highest BCUT2D eigenvalue weighted by Gasteiger charge is 2.05. The SMILES string of the molecule is CNc1nc(Cc2cccs2)no1.Cl. The molecule has 2 rings (SSSR count).